The third-order valence-electron chi connectivity index (χ3n) is 3.83. The van der Waals surface area contributed by atoms with Gasteiger partial charge in [0.25, 0.3) is 0 Å². The number of carbonyl (C=O) groups excluding carboxylic acids is 2. The van der Waals surface area contributed by atoms with Gasteiger partial charge in [-0.3, -0.25) is 9.59 Å². The van der Waals surface area contributed by atoms with E-state index >= 15 is 0 Å². The number of Topliss-reactive ketones (excluding diaryl/α,β-unsaturated/α-hetero) is 1. The van der Waals surface area contributed by atoms with Crippen molar-refractivity contribution in [1.82, 2.24) is 5.32 Å². The number of halogens is 1. The summed E-state index contributed by atoms with van der Waals surface area (Å²) in [6.07, 6.45) is 1.03. The Labute approximate surface area is 156 Å². The minimum absolute atomic E-state index is 0.00113. The third-order valence-corrected chi connectivity index (χ3v) is 4.55. The number of ether oxygens (including phenoxy) is 1. The molecule has 0 aliphatic carbocycles. The molecular formula is C20H22BrNO3. The Bertz CT molecular complexity index is 728. The number of ketones is 1. The zero-order valence-corrected chi connectivity index (χ0v) is 16.0. The minimum atomic E-state index is -0.0527. The second kappa shape index (κ2) is 9.37. The van der Waals surface area contributed by atoms with Crippen molar-refractivity contribution in [1.29, 1.82) is 0 Å². The number of carbonyl (C=O) groups is 2. The van der Waals surface area contributed by atoms with Crippen LogP contribution in [0.15, 0.2) is 53.0 Å². The van der Waals surface area contributed by atoms with Gasteiger partial charge in [0, 0.05) is 16.5 Å². The highest BCUT2D eigenvalue weighted by Crippen LogP contribution is 2.22. The molecule has 0 radical (unpaired) electrons. The quantitative estimate of drug-likeness (QED) is 0.513. The molecule has 4 nitrogen and oxygen atoms in total. The molecular weight excluding hydrogens is 382 g/mol. The Morgan fingerprint density at radius 1 is 1.12 bits per heavy atom. The van der Waals surface area contributed by atoms with Gasteiger partial charge in [0.1, 0.15) is 5.75 Å². The molecule has 2 aromatic carbocycles. The van der Waals surface area contributed by atoms with Crippen molar-refractivity contribution in [3.63, 3.8) is 0 Å². The summed E-state index contributed by atoms with van der Waals surface area (Å²) in [4.78, 5) is 23.3. The van der Waals surface area contributed by atoms with Crippen LogP contribution < -0.4 is 10.1 Å². The molecule has 0 aliphatic rings. The Hall–Kier alpha value is -2.14. The molecule has 1 atom stereocenters. The average molecular weight is 404 g/mol. The summed E-state index contributed by atoms with van der Waals surface area (Å²) in [5, 5.41) is 2.99. The van der Waals surface area contributed by atoms with E-state index in [4.69, 9.17) is 4.74 Å². The van der Waals surface area contributed by atoms with Gasteiger partial charge in [0.05, 0.1) is 12.6 Å². The minimum Gasteiger partial charge on any atom is -0.494 e. The van der Waals surface area contributed by atoms with Crippen molar-refractivity contribution in [3.05, 3.63) is 64.1 Å². The molecule has 0 aromatic heterocycles. The van der Waals surface area contributed by atoms with E-state index in [1.807, 2.05) is 31.2 Å². The fraction of sp³-hybridized carbons (Fsp3) is 0.300. The highest BCUT2D eigenvalue weighted by atomic mass is 79.9. The molecule has 0 bridgehead atoms. The maximum absolute atomic E-state index is 12.0. The number of benzene rings is 2. The van der Waals surface area contributed by atoms with Gasteiger partial charge in [0.2, 0.25) is 5.91 Å². The Balaban J connectivity index is 1.71. The van der Waals surface area contributed by atoms with E-state index < -0.39 is 0 Å². The van der Waals surface area contributed by atoms with Crippen LogP contribution in [-0.4, -0.2) is 18.3 Å². The molecule has 1 unspecified atom stereocenters. The Morgan fingerprint density at radius 2 is 1.80 bits per heavy atom. The number of rotatable bonds is 8. The molecule has 2 aromatic rings. The average Bonchev–Trinajstić information content (AvgIpc) is 2.59. The number of hydrogen-bond acceptors (Lipinski definition) is 3. The van der Waals surface area contributed by atoms with Crippen LogP contribution in [0.25, 0.3) is 0 Å². The van der Waals surface area contributed by atoms with Crippen LogP contribution in [0.2, 0.25) is 0 Å². The van der Waals surface area contributed by atoms with E-state index in [0.717, 1.165) is 10.0 Å². The fourth-order valence-electron chi connectivity index (χ4n) is 2.43. The van der Waals surface area contributed by atoms with Crippen molar-refractivity contribution in [2.45, 2.75) is 32.7 Å². The molecule has 0 spiro atoms. The van der Waals surface area contributed by atoms with Gasteiger partial charge < -0.3 is 10.1 Å². The van der Waals surface area contributed by atoms with Crippen LogP contribution in [0.5, 0.6) is 5.75 Å². The third kappa shape index (κ3) is 6.02. The van der Waals surface area contributed by atoms with Gasteiger partial charge in [-0.15, -0.1) is 0 Å². The zero-order valence-electron chi connectivity index (χ0n) is 14.4. The van der Waals surface area contributed by atoms with Crippen LogP contribution in [-0.2, 0) is 4.79 Å². The van der Waals surface area contributed by atoms with Crippen LogP contribution in [0.1, 0.15) is 48.7 Å². The lowest BCUT2D eigenvalue weighted by Gasteiger charge is -2.16. The van der Waals surface area contributed by atoms with Crippen molar-refractivity contribution in [3.8, 4) is 5.75 Å². The van der Waals surface area contributed by atoms with Crippen LogP contribution in [0, 0.1) is 0 Å². The van der Waals surface area contributed by atoms with Gasteiger partial charge in [-0.1, -0.05) is 34.1 Å². The second-order valence-corrected chi connectivity index (χ2v) is 6.70. The lowest BCUT2D eigenvalue weighted by atomic mass is 10.1. The first kappa shape index (κ1) is 19.2. The van der Waals surface area contributed by atoms with Gasteiger partial charge in [-0.05, 0) is 56.2 Å². The molecule has 2 rings (SSSR count). The van der Waals surface area contributed by atoms with Crippen LogP contribution in [0.3, 0.4) is 0 Å². The number of hydrogen-bond donors (Lipinski definition) is 1. The maximum atomic E-state index is 12.0. The lowest BCUT2D eigenvalue weighted by molar-refractivity contribution is -0.121. The molecule has 5 heteroatoms. The molecule has 25 heavy (non-hydrogen) atoms. The lowest BCUT2D eigenvalue weighted by Crippen LogP contribution is -2.26. The monoisotopic (exact) mass is 403 g/mol. The van der Waals surface area contributed by atoms with E-state index in [0.29, 0.717) is 30.8 Å². The normalized spacial score (nSPS) is 11.6. The highest BCUT2D eigenvalue weighted by Gasteiger charge is 2.11. The molecule has 0 saturated carbocycles. The SMILES string of the molecule is CC(=O)c1ccc(OCCCC(=O)NC(C)c2ccccc2Br)cc1. The van der Waals surface area contributed by atoms with Gasteiger partial charge >= 0.3 is 0 Å². The van der Waals surface area contributed by atoms with Crippen molar-refractivity contribution < 1.29 is 14.3 Å². The first-order chi connectivity index (χ1) is 12.0. The fourth-order valence-corrected chi connectivity index (χ4v) is 3.05. The summed E-state index contributed by atoms with van der Waals surface area (Å²) in [6, 6.07) is 14.8. The predicted octanol–water partition coefficient (Wildman–Crippen LogP) is 4.69. The summed E-state index contributed by atoms with van der Waals surface area (Å²) >= 11 is 3.50. The molecule has 0 aliphatic heterocycles. The summed E-state index contributed by atoms with van der Waals surface area (Å²) in [5.74, 6) is 0.730. The van der Waals surface area contributed by atoms with E-state index in [2.05, 4.69) is 21.2 Å². The first-order valence-corrected chi connectivity index (χ1v) is 9.04. The highest BCUT2D eigenvalue weighted by molar-refractivity contribution is 9.10. The molecule has 0 heterocycles. The van der Waals surface area contributed by atoms with Crippen molar-refractivity contribution >= 4 is 27.6 Å². The van der Waals surface area contributed by atoms with Crippen LogP contribution >= 0.6 is 15.9 Å². The van der Waals surface area contributed by atoms with Gasteiger partial charge in [-0.25, -0.2) is 0 Å². The summed E-state index contributed by atoms with van der Waals surface area (Å²) < 4.78 is 6.59. The zero-order chi connectivity index (χ0) is 18.2. The maximum Gasteiger partial charge on any atom is 0.220 e. The van der Waals surface area contributed by atoms with Crippen molar-refractivity contribution in [2.75, 3.05) is 6.61 Å². The predicted molar refractivity (Wildman–Crippen MR) is 102 cm³/mol. The van der Waals surface area contributed by atoms with E-state index in [-0.39, 0.29) is 17.7 Å². The standard InChI is InChI=1S/C20H22BrNO3/c1-14(18-6-3-4-7-19(18)21)22-20(24)8-5-13-25-17-11-9-16(10-12-17)15(2)23/h3-4,6-7,9-12,14H,5,8,13H2,1-2H3,(H,22,24). The van der Waals surface area contributed by atoms with Crippen LogP contribution in [0.4, 0.5) is 0 Å². The molecule has 1 N–H and O–H groups in total. The smallest absolute Gasteiger partial charge is 0.220 e. The molecule has 0 fully saturated rings. The Kier molecular flexibility index (Phi) is 7.19. The first-order valence-electron chi connectivity index (χ1n) is 8.25. The Morgan fingerprint density at radius 3 is 2.44 bits per heavy atom. The van der Waals surface area contributed by atoms with Gasteiger partial charge in [0.15, 0.2) is 5.78 Å². The van der Waals surface area contributed by atoms with E-state index in [1.165, 1.54) is 6.92 Å². The topological polar surface area (TPSA) is 55.4 Å². The number of amides is 1. The van der Waals surface area contributed by atoms with E-state index in [9.17, 15) is 9.59 Å². The van der Waals surface area contributed by atoms with E-state index in [1.54, 1.807) is 24.3 Å². The molecule has 0 saturated heterocycles. The summed E-state index contributed by atoms with van der Waals surface area (Å²) in [7, 11) is 0. The number of nitrogens with one attached hydrogen (secondary N) is 1. The molecule has 1 amide bonds. The largest absolute Gasteiger partial charge is 0.494 e. The summed E-state index contributed by atoms with van der Waals surface area (Å²) in [6.45, 7) is 3.95. The second-order valence-electron chi connectivity index (χ2n) is 5.84. The molecule has 132 valence electrons. The van der Waals surface area contributed by atoms with Crippen molar-refractivity contribution in [2.24, 2.45) is 0 Å². The summed E-state index contributed by atoms with van der Waals surface area (Å²) in [5.41, 5.74) is 1.71. The van der Waals surface area contributed by atoms with Gasteiger partial charge in [-0.2, -0.15) is 0 Å².